The number of aromatic nitrogens is 2. The topological polar surface area (TPSA) is 84.1 Å². The highest BCUT2D eigenvalue weighted by atomic mass is 35.5. The smallest absolute Gasteiger partial charge is 0.295 e. The van der Waals surface area contributed by atoms with Gasteiger partial charge in [0.2, 0.25) is 0 Å². The maximum atomic E-state index is 13.1. The summed E-state index contributed by atoms with van der Waals surface area (Å²) < 4.78 is 6.96. The number of pyridine rings is 1. The summed E-state index contributed by atoms with van der Waals surface area (Å²) in [5, 5.41) is 11.8. The number of benzene rings is 1. The number of likely N-dealkylation sites (tertiary alicyclic amines) is 1. The Hall–Kier alpha value is -3.16. The number of carbonyl (C=O) groups excluding carboxylic acids is 2. The molecule has 3 heterocycles. The number of Topliss-reactive ketones (excluding diaryl/α,β-unsaturated/α-hetero) is 1. The quantitative estimate of drug-likeness (QED) is 0.263. The van der Waals surface area contributed by atoms with Crippen LogP contribution in [0.1, 0.15) is 35.0 Å². The fraction of sp³-hybridized carbons (Fsp3) is 0.292. The normalized spacial score (nSPS) is 18.1. The molecule has 1 N–H and O–H groups in total. The number of imidazole rings is 1. The summed E-state index contributed by atoms with van der Waals surface area (Å²) in [5.74, 6) is -1.69. The lowest BCUT2D eigenvalue weighted by atomic mass is 9.96. The highest BCUT2D eigenvalue weighted by Crippen LogP contribution is 2.40. The third-order valence-electron chi connectivity index (χ3n) is 5.76. The molecular formula is C24H24ClN3O4. The molecule has 0 spiro atoms. The number of aliphatic hydroxyl groups excluding tert-OH is 1. The lowest BCUT2D eigenvalue weighted by molar-refractivity contribution is -0.140. The van der Waals surface area contributed by atoms with Gasteiger partial charge in [0.1, 0.15) is 11.3 Å². The SMILES string of the molecule is COCCCN1C(=O)C(=O)/C(=C(/O)c2nc3c(C)cccn3c2C)C1c1cccc(Cl)c1. The third-order valence-corrected chi connectivity index (χ3v) is 6.00. The molecule has 4 rings (SSSR count). The number of amides is 1. The molecular weight excluding hydrogens is 430 g/mol. The number of hydrogen-bond donors (Lipinski definition) is 1. The average Bonchev–Trinajstić information content (AvgIpc) is 3.24. The largest absolute Gasteiger partial charge is 0.505 e. The molecule has 8 heteroatoms. The highest BCUT2D eigenvalue weighted by Gasteiger charge is 2.46. The number of aryl methyl sites for hydroxylation is 2. The summed E-state index contributed by atoms with van der Waals surface area (Å²) in [6, 6.07) is 10.0. The van der Waals surface area contributed by atoms with E-state index in [2.05, 4.69) is 4.98 Å². The van der Waals surface area contributed by atoms with Gasteiger partial charge < -0.3 is 19.1 Å². The zero-order valence-corrected chi connectivity index (χ0v) is 18.9. The molecule has 3 aromatic rings. The van der Waals surface area contributed by atoms with Gasteiger partial charge in [-0.15, -0.1) is 0 Å². The van der Waals surface area contributed by atoms with Crippen LogP contribution in [0, 0.1) is 13.8 Å². The summed E-state index contributed by atoms with van der Waals surface area (Å²) in [4.78, 5) is 32.1. The summed E-state index contributed by atoms with van der Waals surface area (Å²) >= 11 is 6.21. The Labute approximate surface area is 190 Å². The van der Waals surface area contributed by atoms with E-state index in [0.717, 1.165) is 5.56 Å². The first-order valence-corrected chi connectivity index (χ1v) is 10.7. The number of fused-ring (bicyclic) bond motifs is 1. The Morgan fingerprint density at radius 2 is 2.00 bits per heavy atom. The minimum Gasteiger partial charge on any atom is -0.505 e. The fourth-order valence-corrected chi connectivity index (χ4v) is 4.39. The second-order valence-corrected chi connectivity index (χ2v) is 8.26. The van der Waals surface area contributed by atoms with Gasteiger partial charge in [0.05, 0.1) is 17.3 Å². The molecule has 1 atom stereocenters. The second-order valence-electron chi connectivity index (χ2n) is 7.82. The molecule has 0 bridgehead atoms. The predicted molar refractivity (Wildman–Crippen MR) is 122 cm³/mol. The molecule has 7 nitrogen and oxygen atoms in total. The third kappa shape index (κ3) is 3.67. The minimum atomic E-state index is -0.768. The summed E-state index contributed by atoms with van der Waals surface area (Å²) in [5.41, 5.74) is 3.23. The van der Waals surface area contributed by atoms with E-state index in [0.29, 0.717) is 41.5 Å². The van der Waals surface area contributed by atoms with Crippen molar-refractivity contribution in [3.05, 3.63) is 75.7 Å². The highest BCUT2D eigenvalue weighted by molar-refractivity contribution is 6.46. The number of carbonyl (C=O) groups is 2. The Kier molecular flexibility index (Phi) is 6.04. The van der Waals surface area contributed by atoms with E-state index in [1.807, 2.05) is 36.6 Å². The van der Waals surface area contributed by atoms with Gasteiger partial charge in [-0.2, -0.15) is 0 Å². The molecule has 1 saturated heterocycles. The molecule has 0 aliphatic carbocycles. The fourth-order valence-electron chi connectivity index (χ4n) is 4.19. The van der Waals surface area contributed by atoms with Crippen LogP contribution in [0.15, 0.2) is 48.2 Å². The number of methoxy groups -OCH3 is 1. The van der Waals surface area contributed by atoms with Crippen LogP contribution in [0.5, 0.6) is 0 Å². The van der Waals surface area contributed by atoms with Crippen molar-refractivity contribution < 1.29 is 19.4 Å². The molecule has 2 aromatic heterocycles. The van der Waals surface area contributed by atoms with E-state index < -0.39 is 17.7 Å². The van der Waals surface area contributed by atoms with Crippen LogP contribution >= 0.6 is 11.6 Å². The summed E-state index contributed by atoms with van der Waals surface area (Å²) in [7, 11) is 1.58. The number of nitrogens with zero attached hydrogens (tertiary/aromatic N) is 3. The number of rotatable bonds is 6. The van der Waals surface area contributed by atoms with Crippen LogP contribution in [-0.4, -0.2) is 51.3 Å². The Morgan fingerprint density at radius 3 is 2.69 bits per heavy atom. The van der Waals surface area contributed by atoms with Gasteiger partial charge in [-0.05, 0) is 49.6 Å². The van der Waals surface area contributed by atoms with Gasteiger partial charge in [-0.25, -0.2) is 4.98 Å². The maximum absolute atomic E-state index is 13.1. The zero-order valence-electron chi connectivity index (χ0n) is 18.1. The van der Waals surface area contributed by atoms with Crippen molar-refractivity contribution in [3.8, 4) is 0 Å². The van der Waals surface area contributed by atoms with Gasteiger partial charge in [0, 0.05) is 31.5 Å². The van der Waals surface area contributed by atoms with E-state index in [4.69, 9.17) is 16.3 Å². The molecule has 0 radical (unpaired) electrons. The predicted octanol–water partition coefficient (Wildman–Crippen LogP) is 4.06. The van der Waals surface area contributed by atoms with Crippen molar-refractivity contribution in [3.63, 3.8) is 0 Å². The van der Waals surface area contributed by atoms with Gasteiger partial charge >= 0.3 is 0 Å². The van der Waals surface area contributed by atoms with Crippen LogP contribution in [0.3, 0.4) is 0 Å². The second kappa shape index (κ2) is 8.76. The molecule has 166 valence electrons. The molecule has 1 amide bonds. The van der Waals surface area contributed by atoms with Crippen molar-refractivity contribution >= 4 is 34.7 Å². The van der Waals surface area contributed by atoms with Gasteiger partial charge in [0.15, 0.2) is 5.76 Å². The monoisotopic (exact) mass is 453 g/mol. The van der Waals surface area contributed by atoms with Crippen LogP contribution < -0.4 is 0 Å². The number of ether oxygens (including phenoxy) is 1. The Balaban J connectivity index is 1.91. The van der Waals surface area contributed by atoms with Crippen LogP contribution in [0.2, 0.25) is 5.02 Å². The van der Waals surface area contributed by atoms with E-state index >= 15 is 0 Å². The minimum absolute atomic E-state index is 0.0128. The molecule has 1 fully saturated rings. The zero-order chi connectivity index (χ0) is 23.0. The molecule has 1 aliphatic heterocycles. The first-order chi connectivity index (χ1) is 15.3. The van der Waals surface area contributed by atoms with Crippen molar-refractivity contribution in [1.29, 1.82) is 0 Å². The van der Waals surface area contributed by atoms with Gasteiger partial charge in [-0.1, -0.05) is 29.8 Å². The first-order valence-electron chi connectivity index (χ1n) is 10.3. The molecule has 1 unspecified atom stereocenters. The molecule has 1 aliphatic rings. The molecule has 1 aromatic carbocycles. The first kappa shape index (κ1) is 22.0. The Bertz CT molecular complexity index is 1250. The Morgan fingerprint density at radius 1 is 1.22 bits per heavy atom. The number of ketones is 1. The molecule has 32 heavy (non-hydrogen) atoms. The lowest BCUT2D eigenvalue weighted by Gasteiger charge is -2.25. The number of hydrogen-bond acceptors (Lipinski definition) is 5. The van der Waals surface area contributed by atoms with E-state index in [1.165, 1.54) is 4.90 Å². The average molecular weight is 454 g/mol. The van der Waals surface area contributed by atoms with Crippen molar-refractivity contribution in [2.75, 3.05) is 20.3 Å². The standard InChI is InChI=1S/C24H24ClN3O4/c1-14-7-5-10-27-15(2)19(26-23(14)27)21(29)18-20(16-8-4-9-17(25)13-16)28(11-6-12-32-3)24(31)22(18)30/h4-5,7-10,13,20,29H,6,11-12H2,1-3H3/b21-18+. The van der Waals surface area contributed by atoms with E-state index in [9.17, 15) is 14.7 Å². The van der Waals surface area contributed by atoms with E-state index in [1.54, 1.807) is 31.4 Å². The maximum Gasteiger partial charge on any atom is 0.295 e. The van der Waals surface area contributed by atoms with Crippen molar-refractivity contribution in [2.45, 2.75) is 26.3 Å². The van der Waals surface area contributed by atoms with Crippen molar-refractivity contribution in [1.82, 2.24) is 14.3 Å². The lowest BCUT2D eigenvalue weighted by Crippen LogP contribution is -2.31. The van der Waals surface area contributed by atoms with Crippen molar-refractivity contribution in [2.24, 2.45) is 0 Å². The van der Waals surface area contributed by atoms with Gasteiger partial charge in [-0.3, -0.25) is 9.59 Å². The van der Waals surface area contributed by atoms with Crippen LogP contribution in [0.4, 0.5) is 0 Å². The van der Waals surface area contributed by atoms with Crippen LogP contribution in [-0.2, 0) is 14.3 Å². The van der Waals surface area contributed by atoms with Crippen LogP contribution in [0.25, 0.3) is 11.4 Å². The number of halogens is 1. The number of aliphatic hydroxyl groups is 1. The summed E-state index contributed by atoms with van der Waals surface area (Å²) in [6.45, 7) is 4.48. The van der Waals surface area contributed by atoms with Gasteiger partial charge in [0.25, 0.3) is 11.7 Å². The molecule has 0 saturated carbocycles. The van der Waals surface area contributed by atoms with E-state index in [-0.39, 0.29) is 17.0 Å². The summed E-state index contributed by atoms with van der Waals surface area (Å²) in [6.07, 6.45) is 2.40.